The molecule has 4 aromatic heterocycles. The Morgan fingerprint density at radius 3 is 2.54 bits per heavy atom. The van der Waals surface area contributed by atoms with Crippen LogP contribution >= 0.6 is 11.3 Å². The molecule has 1 aliphatic rings. The third-order valence-electron chi connectivity index (χ3n) is 7.66. The van der Waals surface area contributed by atoms with Gasteiger partial charge in [0.2, 0.25) is 0 Å². The number of hydrogen-bond acceptors (Lipinski definition) is 8. The quantitative estimate of drug-likeness (QED) is 0.253. The van der Waals surface area contributed by atoms with Crippen LogP contribution in [0.25, 0.3) is 26.6 Å². The fraction of sp³-hybridized carbons (Fsp3) is 0.400. The van der Waals surface area contributed by atoms with E-state index in [9.17, 15) is 4.79 Å². The molecule has 0 unspecified atom stereocenters. The van der Waals surface area contributed by atoms with E-state index in [1.54, 1.807) is 11.3 Å². The molecule has 9 heteroatoms. The van der Waals surface area contributed by atoms with Gasteiger partial charge in [0.25, 0.3) is 0 Å². The van der Waals surface area contributed by atoms with Crippen LogP contribution in [0, 0.1) is 0 Å². The maximum absolute atomic E-state index is 12.6. The minimum Gasteiger partial charge on any atom is -0.368 e. The molecule has 0 bridgehead atoms. The number of carbonyl (C=O) groups is 1. The summed E-state index contributed by atoms with van der Waals surface area (Å²) in [7, 11) is 4.29. The summed E-state index contributed by atoms with van der Waals surface area (Å²) in [5, 5.41) is 7.60. The largest absolute Gasteiger partial charge is 0.368 e. The Morgan fingerprint density at radius 2 is 1.87 bits per heavy atom. The summed E-state index contributed by atoms with van der Waals surface area (Å²) in [4.78, 5) is 26.5. The number of nitrogens with zero attached hydrogens (tertiary/aromatic N) is 5. The van der Waals surface area contributed by atoms with Crippen molar-refractivity contribution in [3.05, 3.63) is 65.7 Å². The predicted molar refractivity (Wildman–Crippen MR) is 156 cm³/mol. The molecule has 1 saturated carbocycles. The van der Waals surface area contributed by atoms with Gasteiger partial charge in [0.1, 0.15) is 22.2 Å². The van der Waals surface area contributed by atoms with Crippen molar-refractivity contribution in [3.63, 3.8) is 0 Å². The number of ketones is 1. The molecule has 0 atom stereocenters. The predicted octanol–water partition coefficient (Wildman–Crippen LogP) is 5.76. The van der Waals surface area contributed by atoms with E-state index in [1.807, 2.05) is 30.3 Å². The number of thiazole rings is 1. The van der Waals surface area contributed by atoms with Crippen LogP contribution in [0.3, 0.4) is 0 Å². The van der Waals surface area contributed by atoms with E-state index in [0.717, 1.165) is 50.3 Å². The normalized spacial score (nSPS) is 14.9. The second kappa shape index (κ2) is 9.57. The van der Waals surface area contributed by atoms with Crippen LogP contribution in [0.4, 0.5) is 5.82 Å². The molecule has 0 radical (unpaired) electrons. The van der Waals surface area contributed by atoms with Crippen LogP contribution in [0.15, 0.2) is 53.2 Å². The Kier molecular flexibility index (Phi) is 6.31. The molecule has 8 nitrogen and oxygen atoms in total. The van der Waals surface area contributed by atoms with Gasteiger partial charge in [-0.1, -0.05) is 61.5 Å². The van der Waals surface area contributed by atoms with Gasteiger partial charge in [-0.15, -0.1) is 0 Å². The molecule has 0 saturated heterocycles. The second-order valence-electron chi connectivity index (χ2n) is 11.9. The number of rotatable bonds is 9. The lowest BCUT2D eigenvalue weighted by Crippen LogP contribution is -2.36. The lowest BCUT2D eigenvalue weighted by atomic mass is 9.93. The Morgan fingerprint density at radius 1 is 1.10 bits per heavy atom. The summed E-state index contributed by atoms with van der Waals surface area (Å²) in [5.74, 6) is 1.81. The molecule has 0 aliphatic heterocycles. The number of Topliss-reactive ketones (excluding diaryl/α,β-unsaturated/α-hetero) is 1. The number of fused-ring (bicyclic) bond motifs is 3. The first-order chi connectivity index (χ1) is 18.6. The average molecular weight is 543 g/mol. The van der Waals surface area contributed by atoms with Crippen LogP contribution in [-0.2, 0) is 23.1 Å². The van der Waals surface area contributed by atoms with Gasteiger partial charge in [-0.25, -0.2) is 9.97 Å². The number of pyridine rings is 1. The first kappa shape index (κ1) is 25.7. The number of carbonyl (C=O) groups excluding carboxylic acids is 1. The molecule has 202 valence electrons. The third-order valence-corrected chi connectivity index (χ3v) is 8.63. The van der Waals surface area contributed by atoms with Crippen LogP contribution < -0.4 is 5.32 Å². The van der Waals surface area contributed by atoms with Gasteiger partial charge in [-0.05, 0) is 44.6 Å². The zero-order valence-electron chi connectivity index (χ0n) is 23.1. The number of nitrogens with one attached hydrogen (secondary N) is 1. The summed E-state index contributed by atoms with van der Waals surface area (Å²) in [6.07, 6.45) is 5.14. The monoisotopic (exact) mass is 542 g/mol. The van der Waals surface area contributed by atoms with E-state index >= 15 is 0 Å². The van der Waals surface area contributed by atoms with Crippen molar-refractivity contribution in [1.82, 2.24) is 24.4 Å². The highest BCUT2D eigenvalue weighted by Crippen LogP contribution is 2.40. The van der Waals surface area contributed by atoms with Crippen molar-refractivity contribution < 1.29 is 9.32 Å². The minimum absolute atomic E-state index is 0.112. The van der Waals surface area contributed by atoms with E-state index in [4.69, 9.17) is 14.5 Å². The first-order valence-corrected chi connectivity index (χ1v) is 14.2. The average Bonchev–Trinajstić information content (AvgIpc) is 3.18. The van der Waals surface area contributed by atoms with E-state index in [-0.39, 0.29) is 23.2 Å². The Hall–Kier alpha value is -3.56. The third kappa shape index (κ3) is 5.21. The number of aromatic nitrogens is 4. The Labute approximate surface area is 232 Å². The smallest absolute Gasteiger partial charge is 0.196 e. The Balaban J connectivity index is 1.12. The zero-order chi connectivity index (χ0) is 27.4. The van der Waals surface area contributed by atoms with Crippen LogP contribution in [0.5, 0.6) is 0 Å². The number of benzene rings is 1. The zero-order valence-corrected chi connectivity index (χ0v) is 23.9. The molecule has 5 aromatic rings. The van der Waals surface area contributed by atoms with Crippen LogP contribution in [0.1, 0.15) is 50.6 Å². The van der Waals surface area contributed by atoms with Crippen LogP contribution in [0.2, 0.25) is 0 Å². The van der Waals surface area contributed by atoms with E-state index in [1.165, 1.54) is 12.8 Å². The van der Waals surface area contributed by atoms with Gasteiger partial charge < -0.3 is 14.7 Å². The van der Waals surface area contributed by atoms with Gasteiger partial charge in [-0.3, -0.25) is 9.20 Å². The summed E-state index contributed by atoms with van der Waals surface area (Å²) in [6, 6.07) is 14.1. The maximum atomic E-state index is 12.6. The number of anilines is 1. The van der Waals surface area contributed by atoms with Gasteiger partial charge in [-0.2, -0.15) is 0 Å². The van der Waals surface area contributed by atoms with E-state index in [0.29, 0.717) is 12.1 Å². The van der Waals surface area contributed by atoms with Crippen LogP contribution in [-0.4, -0.2) is 56.4 Å². The highest BCUT2D eigenvalue weighted by Gasteiger charge is 2.44. The molecule has 0 spiro atoms. The molecule has 6 rings (SSSR count). The molecule has 39 heavy (non-hydrogen) atoms. The number of hydrogen-bond donors (Lipinski definition) is 1. The first-order valence-electron chi connectivity index (χ1n) is 13.4. The molecule has 1 N–H and O–H groups in total. The summed E-state index contributed by atoms with van der Waals surface area (Å²) in [5.41, 5.74) is 4.78. The van der Waals surface area contributed by atoms with Crippen molar-refractivity contribution in [3.8, 4) is 11.3 Å². The second-order valence-corrected chi connectivity index (χ2v) is 12.9. The highest BCUT2D eigenvalue weighted by atomic mass is 32.1. The van der Waals surface area contributed by atoms with Gasteiger partial charge in [0, 0.05) is 41.7 Å². The lowest BCUT2D eigenvalue weighted by molar-refractivity contribution is -0.117. The molecule has 1 aromatic carbocycles. The SMILES string of the molecule is CN(C)C1(CNc2ccc3c(n2)sc2nc(-c4ccc(CC(=O)Cc5cc(C(C)(C)C)on5)cc4)cn23)CC1. The number of likely N-dealkylation sites (N-methyl/N-ethyl adjacent to an activating group) is 1. The lowest BCUT2D eigenvalue weighted by Gasteiger charge is -2.24. The summed E-state index contributed by atoms with van der Waals surface area (Å²) < 4.78 is 7.52. The van der Waals surface area contributed by atoms with E-state index < -0.39 is 0 Å². The van der Waals surface area contributed by atoms with Crippen molar-refractivity contribution in [2.24, 2.45) is 0 Å². The molecule has 1 aliphatic carbocycles. The maximum Gasteiger partial charge on any atom is 0.196 e. The fourth-order valence-corrected chi connectivity index (χ4v) is 5.82. The molecule has 0 amide bonds. The highest BCUT2D eigenvalue weighted by molar-refractivity contribution is 7.23. The molecule has 4 heterocycles. The van der Waals surface area contributed by atoms with Gasteiger partial charge in [0.15, 0.2) is 4.96 Å². The van der Waals surface area contributed by atoms with Crippen molar-refractivity contribution >= 4 is 38.2 Å². The summed E-state index contributed by atoms with van der Waals surface area (Å²) >= 11 is 1.59. The minimum atomic E-state index is -0.125. The molecule has 1 fully saturated rings. The standard InChI is InChI=1S/C30H34N6O2S/c1-29(2,3)25-16-21(34-38-25)15-22(37)14-19-6-8-20(9-7-19)23-17-36-24-10-11-26(33-27(24)39-28(36)32-23)31-18-30(12-13-30)35(4)5/h6-11,16-17H,12-15,18H2,1-5H3,(H,31,33). The van der Waals surface area contributed by atoms with Crippen molar-refractivity contribution in [2.45, 2.75) is 57.4 Å². The fourth-order valence-electron chi connectivity index (χ4n) is 4.84. The molecular weight excluding hydrogens is 508 g/mol. The molecular formula is C30H34N6O2S. The summed E-state index contributed by atoms with van der Waals surface area (Å²) in [6.45, 7) is 7.10. The van der Waals surface area contributed by atoms with Gasteiger partial charge in [0.05, 0.1) is 23.3 Å². The Bertz CT molecular complexity index is 1650. The van der Waals surface area contributed by atoms with Crippen molar-refractivity contribution in [2.75, 3.05) is 26.0 Å². The van der Waals surface area contributed by atoms with Gasteiger partial charge >= 0.3 is 0 Å². The van der Waals surface area contributed by atoms with E-state index in [2.05, 4.69) is 73.0 Å². The number of imidazole rings is 1. The van der Waals surface area contributed by atoms with Crippen molar-refractivity contribution in [1.29, 1.82) is 0 Å². The topological polar surface area (TPSA) is 88.6 Å².